The monoisotopic (exact) mass is 258 g/mol. The maximum atomic E-state index is 13.6. The van der Waals surface area contributed by atoms with Gasteiger partial charge in [0.25, 0.3) is 0 Å². The number of rotatable bonds is 2. The fourth-order valence-corrected chi connectivity index (χ4v) is 1.77. The van der Waals surface area contributed by atoms with Crippen LogP contribution in [0, 0.1) is 12.7 Å². The predicted molar refractivity (Wildman–Crippen MR) is 58.6 cm³/mol. The molecule has 0 aliphatic rings. The van der Waals surface area contributed by atoms with Gasteiger partial charge in [-0.3, -0.25) is 0 Å². The number of halogens is 2. The van der Waals surface area contributed by atoms with Crippen LogP contribution in [0.15, 0.2) is 28.8 Å². The van der Waals surface area contributed by atoms with Crippen molar-refractivity contribution in [2.75, 3.05) is 0 Å². The summed E-state index contributed by atoms with van der Waals surface area (Å²) in [5.74, 6) is -0.357. The molecule has 1 aromatic rings. The van der Waals surface area contributed by atoms with Crippen LogP contribution in [-0.2, 0) is 0 Å². The molecule has 0 heterocycles. The van der Waals surface area contributed by atoms with Crippen molar-refractivity contribution in [1.29, 1.82) is 0 Å². The molecule has 1 nitrogen and oxygen atoms in total. The summed E-state index contributed by atoms with van der Waals surface area (Å²) < 4.78 is 14.2. The van der Waals surface area contributed by atoms with E-state index in [0.717, 1.165) is 0 Å². The summed E-state index contributed by atoms with van der Waals surface area (Å²) in [5.41, 5.74) is 0.829. The SMILES string of the molecule is C/C=C/C(O)c1c(Br)ccc(C)c1F. The van der Waals surface area contributed by atoms with Gasteiger partial charge in [-0.15, -0.1) is 0 Å². The highest BCUT2D eigenvalue weighted by Gasteiger charge is 2.15. The van der Waals surface area contributed by atoms with Crippen molar-refractivity contribution in [2.24, 2.45) is 0 Å². The van der Waals surface area contributed by atoms with E-state index in [9.17, 15) is 9.50 Å². The van der Waals surface area contributed by atoms with E-state index < -0.39 is 6.10 Å². The molecule has 1 atom stereocenters. The molecule has 1 rings (SSSR count). The summed E-state index contributed by atoms with van der Waals surface area (Å²) >= 11 is 3.22. The maximum Gasteiger partial charge on any atom is 0.133 e. The molecule has 0 amide bonds. The fraction of sp³-hybridized carbons (Fsp3) is 0.273. The van der Waals surface area contributed by atoms with Crippen molar-refractivity contribution in [3.63, 3.8) is 0 Å². The van der Waals surface area contributed by atoms with Crippen LogP contribution in [0.25, 0.3) is 0 Å². The van der Waals surface area contributed by atoms with Gasteiger partial charge in [0.2, 0.25) is 0 Å². The molecule has 0 aromatic heterocycles. The number of aliphatic hydroxyl groups is 1. The van der Waals surface area contributed by atoms with Crippen LogP contribution in [0.1, 0.15) is 24.2 Å². The van der Waals surface area contributed by atoms with Gasteiger partial charge in [-0.2, -0.15) is 0 Å². The van der Waals surface area contributed by atoms with Gasteiger partial charge in [-0.1, -0.05) is 34.1 Å². The Morgan fingerprint density at radius 2 is 2.14 bits per heavy atom. The Balaban J connectivity index is 3.24. The number of hydrogen-bond acceptors (Lipinski definition) is 1. The van der Waals surface area contributed by atoms with E-state index >= 15 is 0 Å². The Hall–Kier alpha value is -0.670. The van der Waals surface area contributed by atoms with Crippen LogP contribution in [0.3, 0.4) is 0 Å². The van der Waals surface area contributed by atoms with E-state index in [-0.39, 0.29) is 5.82 Å². The topological polar surface area (TPSA) is 20.2 Å². The first-order valence-electron chi connectivity index (χ1n) is 4.33. The van der Waals surface area contributed by atoms with Crippen molar-refractivity contribution in [1.82, 2.24) is 0 Å². The molecule has 0 saturated carbocycles. The van der Waals surface area contributed by atoms with Gasteiger partial charge >= 0.3 is 0 Å². The van der Waals surface area contributed by atoms with E-state index in [0.29, 0.717) is 15.6 Å². The maximum absolute atomic E-state index is 13.6. The van der Waals surface area contributed by atoms with Crippen LogP contribution < -0.4 is 0 Å². The zero-order valence-corrected chi connectivity index (χ0v) is 9.68. The van der Waals surface area contributed by atoms with Crippen molar-refractivity contribution in [3.8, 4) is 0 Å². The second-order valence-corrected chi connectivity index (χ2v) is 3.92. The molecular weight excluding hydrogens is 247 g/mol. The fourth-order valence-electron chi connectivity index (χ4n) is 1.23. The molecule has 0 bridgehead atoms. The zero-order chi connectivity index (χ0) is 10.7. The molecule has 1 unspecified atom stereocenters. The first-order valence-corrected chi connectivity index (χ1v) is 5.12. The lowest BCUT2D eigenvalue weighted by Crippen LogP contribution is -2.00. The minimum absolute atomic E-state index is 0.295. The van der Waals surface area contributed by atoms with Gasteiger partial charge in [0, 0.05) is 10.0 Å². The number of allylic oxidation sites excluding steroid dienone is 1. The third kappa shape index (κ3) is 2.22. The Bertz CT molecular complexity index is 361. The van der Waals surface area contributed by atoms with Crippen molar-refractivity contribution in [2.45, 2.75) is 20.0 Å². The van der Waals surface area contributed by atoms with Crippen LogP contribution in [0.5, 0.6) is 0 Å². The van der Waals surface area contributed by atoms with Crippen molar-refractivity contribution < 1.29 is 9.50 Å². The summed E-state index contributed by atoms with van der Waals surface area (Å²) in [6.07, 6.45) is 2.34. The third-order valence-electron chi connectivity index (χ3n) is 1.99. The van der Waals surface area contributed by atoms with E-state index in [1.807, 2.05) is 0 Å². The average molecular weight is 259 g/mol. The lowest BCUT2D eigenvalue weighted by Gasteiger charge is -2.11. The molecular formula is C11H12BrFO. The van der Waals surface area contributed by atoms with Crippen LogP contribution >= 0.6 is 15.9 Å². The van der Waals surface area contributed by atoms with Crippen molar-refractivity contribution >= 4 is 15.9 Å². The average Bonchev–Trinajstić information content (AvgIpc) is 2.13. The molecule has 0 saturated heterocycles. The molecule has 0 spiro atoms. The molecule has 0 aliphatic heterocycles. The number of hydrogen-bond donors (Lipinski definition) is 1. The summed E-state index contributed by atoms with van der Waals surface area (Å²) in [6, 6.07) is 3.41. The second-order valence-electron chi connectivity index (χ2n) is 3.06. The Labute approximate surface area is 91.4 Å². The molecule has 76 valence electrons. The first-order chi connectivity index (χ1) is 6.57. The molecule has 0 fully saturated rings. The molecule has 0 radical (unpaired) electrons. The van der Waals surface area contributed by atoms with Gasteiger partial charge in [0.1, 0.15) is 11.9 Å². The van der Waals surface area contributed by atoms with Gasteiger partial charge in [0.15, 0.2) is 0 Å². The lowest BCUT2D eigenvalue weighted by molar-refractivity contribution is 0.222. The molecule has 3 heteroatoms. The largest absolute Gasteiger partial charge is 0.384 e. The summed E-state index contributed by atoms with van der Waals surface area (Å²) in [7, 11) is 0. The van der Waals surface area contributed by atoms with Crippen molar-refractivity contribution in [3.05, 3.63) is 45.7 Å². The van der Waals surface area contributed by atoms with Gasteiger partial charge in [-0.05, 0) is 25.5 Å². The summed E-state index contributed by atoms with van der Waals surface area (Å²) in [4.78, 5) is 0. The van der Waals surface area contributed by atoms with Crippen LogP contribution in [-0.4, -0.2) is 5.11 Å². The van der Waals surface area contributed by atoms with E-state index in [1.54, 1.807) is 38.1 Å². The summed E-state index contributed by atoms with van der Waals surface area (Å²) in [6.45, 7) is 3.46. The minimum Gasteiger partial charge on any atom is -0.384 e. The number of aliphatic hydroxyl groups excluding tert-OH is 1. The van der Waals surface area contributed by atoms with Gasteiger partial charge < -0.3 is 5.11 Å². The van der Waals surface area contributed by atoms with Gasteiger partial charge in [0.05, 0.1) is 0 Å². The Morgan fingerprint density at radius 1 is 1.50 bits per heavy atom. The minimum atomic E-state index is -0.894. The lowest BCUT2D eigenvalue weighted by atomic mass is 10.1. The van der Waals surface area contributed by atoms with Gasteiger partial charge in [-0.25, -0.2) is 4.39 Å². The smallest absolute Gasteiger partial charge is 0.133 e. The summed E-state index contributed by atoms with van der Waals surface area (Å²) in [5, 5.41) is 9.65. The Morgan fingerprint density at radius 3 is 2.71 bits per heavy atom. The van der Waals surface area contributed by atoms with Crippen LogP contribution in [0.4, 0.5) is 4.39 Å². The quantitative estimate of drug-likeness (QED) is 0.806. The normalized spacial score (nSPS) is 13.5. The predicted octanol–water partition coefficient (Wildman–Crippen LogP) is 3.51. The Kier molecular flexibility index (Phi) is 3.84. The zero-order valence-electron chi connectivity index (χ0n) is 8.09. The van der Waals surface area contributed by atoms with Crippen LogP contribution in [0.2, 0.25) is 0 Å². The molecule has 14 heavy (non-hydrogen) atoms. The van der Waals surface area contributed by atoms with E-state index in [2.05, 4.69) is 15.9 Å². The standard InChI is InChI=1S/C11H12BrFO/c1-3-4-9(14)10-8(12)6-5-7(2)11(10)13/h3-6,9,14H,1-2H3/b4-3+. The highest BCUT2D eigenvalue weighted by Crippen LogP contribution is 2.28. The highest BCUT2D eigenvalue weighted by molar-refractivity contribution is 9.10. The molecule has 0 aliphatic carbocycles. The molecule has 1 N–H and O–H groups in total. The number of benzene rings is 1. The highest BCUT2D eigenvalue weighted by atomic mass is 79.9. The molecule has 1 aromatic carbocycles. The first kappa shape index (κ1) is 11.4. The van der Waals surface area contributed by atoms with E-state index in [4.69, 9.17) is 0 Å². The second kappa shape index (κ2) is 4.71. The number of aryl methyl sites for hydroxylation is 1. The van der Waals surface area contributed by atoms with E-state index in [1.165, 1.54) is 0 Å². The third-order valence-corrected chi connectivity index (χ3v) is 2.68.